The van der Waals surface area contributed by atoms with Crippen LogP contribution in [-0.2, 0) is 4.76 Å². The molecule has 0 saturated carbocycles. The van der Waals surface area contributed by atoms with Gasteiger partial charge >= 0.3 is 6.92 Å². The lowest BCUT2D eigenvalue weighted by Crippen LogP contribution is -2.23. The topological polar surface area (TPSA) is 21.3 Å². The Labute approximate surface area is 58.0 Å². The fourth-order valence-corrected chi connectivity index (χ4v) is 0.475. The van der Waals surface area contributed by atoms with Crippen molar-refractivity contribution in [2.24, 2.45) is 0 Å². The minimum absolute atomic E-state index is 0.293. The summed E-state index contributed by atoms with van der Waals surface area (Å²) in [6.45, 7) is 7.45. The van der Waals surface area contributed by atoms with E-state index in [9.17, 15) is 0 Å². The first-order valence-corrected chi connectivity index (χ1v) is 3.66. The van der Waals surface area contributed by atoms with Gasteiger partial charge in [-0.25, -0.2) is 5.48 Å². The van der Waals surface area contributed by atoms with Crippen molar-refractivity contribution in [1.29, 1.82) is 0 Å². The average Bonchev–Trinajstić information content (AvgIpc) is 1.80. The van der Waals surface area contributed by atoms with Crippen LogP contribution in [0.1, 0.15) is 19.8 Å². The maximum Gasteiger partial charge on any atom is 0.315 e. The summed E-state index contributed by atoms with van der Waals surface area (Å²) in [4.78, 5) is 0. The lowest BCUT2D eigenvalue weighted by atomic mass is 9.76. The molecule has 3 heteroatoms. The summed E-state index contributed by atoms with van der Waals surface area (Å²) in [6.07, 6.45) is 2.40. The van der Waals surface area contributed by atoms with Gasteiger partial charge < -0.3 is 4.76 Å². The zero-order chi connectivity index (χ0) is 7.11. The molecule has 9 heavy (non-hydrogen) atoms. The molecular weight excluding hydrogens is 113 g/mol. The predicted molar refractivity (Wildman–Crippen MR) is 41.5 cm³/mol. The molecule has 0 aliphatic carbocycles. The second kappa shape index (κ2) is 6.11. The van der Waals surface area contributed by atoms with Gasteiger partial charge in [0.1, 0.15) is 0 Å². The van der Waals surface area contributed by atoms with Crippen LogP contribution in [0, 0.1) is 0 Å². The molecule has 0 aromatic heterocycles. The van der Waals surface area contributed by atoms with E-state index in [0.717, 1.165) is 6.54 Å². The molecule has 0 aliphatic heterocycles. The van der Waals surface area contributed by atoms with Gasteiger partial charge in [-0.05, 0) is 6.42 Å². The Morgan fingerprint density at radius 2 is 2.11 bits per heavy atom. The van der Waals surface area contributed by atoms with Gasteiger partial charge in [0.15, 0.2) is 0 Å². The number of hydrogen-bond acceptors (Lipinski definition) is 2. The van der Waals surface area contributed by atoms with Crippen LogP contribution in [0.4, 0.5) is 0 Å². The maximum atomic E-state index is 5.09. The third-order valence-corrected chi connectivity index (χ3v) is 0.951. The van der Waals surface area contributed by atoms with E-state index in [1.54, 1.807) is 0 Å². The molecule has 0 radical (unpaired) electrons. The molecule has 0 atom stereocenters. The standard InChI is InChI=1S/C6H16BNO/c1-4-5-6-8-9-7(2)3/h8H,4-6H2,1-3H3. The molecule has 0 rings (SSSR count). The first kappa shape index (κ1) is 8.98. The Hall–Kier alpha value is -0.0151. The van der Waals surface area contributed by atoms with E-state index in [0.29, 0.717) is 6.92 Å². The van der Waals surface area contributed by atoms with Gasteiger partial charge in [0.2, 0.25) is 0 Å². The first-order valence-electron chi connectivity index (χ1n) is 3.66. The second-order valence-electron chi connectivity index (χ2n) is 2.41. The fourth-order valence-electron chi connectivity index (χ4n) is 0.475. The molecule has 0 aliphatic rings. The molecule has 1 N–H and O–H groups in total. The van der Waals surface area contributed by atoms with Crippen molar-refractivity contribution in [3.8, 4) is 0 Å². The van der Waals surface area contributed by atoms with Crippen LogP contribution in [0.2, 0.25) is 13.6 Å². The van der Waals surface area contributed by atoms with Crippen molar-refractivity contribution in [3.63, 3.8) is 0 Å². The van der Waals surface area contributed by atoms with Crippen LogP contribution < -0.4 is 5.48 Å². The molecule has 0 aromatic rings. The minimum atomic E-state index is 0.293. The van der Waals surface area contributed by atoms with Crippen LogP contribution in [0.5, 0.6) is 0 Å². The molecule has 2 nitrogen and oxygen atoms in total. The monoisotopic (exact) mass is 129 g/mol. The summed E-state index contributed by atoms with van der Waals surface area (Å²) in [5.41, 5.74) is 2.89. The smallest absolute Gasteiger partial charge is 0.315 e. The first-order chi connectivity index (χ1) is 4.27. The van der Waals surface area contributed by atoms with Crippen LogP contribution >= 0.6 is 0 Å². The van der Waals surface area contributed by atoms with Gasteiger partial charge in [-0.3, -0.25) is 0 Å². The summed E-state index contributed by atoms with van der Waals surface area (Å²) >= 11 is 0. The van der Waals surface area contributed by atoms with Crippen molar-refractivity contribution in [2.45, 2.75) is 33.4 Å². The van der Waals surface area contributed by atoms with Crippen molar-refractivity contribution >= 4 is 6.92 Å². The van der Waals surface area contributed by atoms with Crippen molar-refractivity contribution in [2.75, 3.05) is 6.54 Å². The number of nitrogens with one attached hydrogen (secondary N) is 1. The normalized spacial score (nSPS) is 9.67. The van der Waals surface area contributed by atoms with Gasteiger partial charge in [-0.2, -0.15) is 0 Å². The van der Waals surface area contributed by atoms with Crippen molar-refractivity contribution in [3.05, 3.63) is 0 Å². The van der Waals surface area contributed by atoms with E-state index in [1.165, 1.54) is 12.8 Å². The molecule has 0 fully saturated rings. The minimum Gasteiger partial charge on any atom is -0.364 e. The Balaban J connectivity index is 2.75. The molecule has 54 valence electrons. The largest absolute Gasteiger partial charge is 0.364 e. The fraction of sp³-hybridized carbons (Fsp3) is 1.00. The Kier molecular flexibility index (Phi) is 6.10. The zero-order valence-electron chi connectivity index (χ0n) is 6.61. The SMILES string of the molecule is CCCCNOB(C)C. The summed E-state index contributed by atoms with van der Waals surface area (Å²) < 4.78 is 5.09. The number of rotatable bonds is 5. The lowest BCUT2D eigenvalue weighted by molar-refractivity contribution is 0.197. The Bertz CT molecular complexity index is 59.0. The van der Waals surface area contributed by atoms with Crippen LogP contribution in [0.25, 0.3) is 0 Å². The summed E-state index contributed by atoms with van der Waals surface area (Å²) in [7, 11) is 0. The molecule has 0 spiro atoms. The van der Waals surface area contributed by atoms with E-state index in [4.69, 9.17) is 4.76 Å². The Morgan fingerprint density at radius 3 is 2.56 bits per heavy atom. The van der Waals surface area contributed by atoms with Crippen molar-refractivity contribution in [1.82, 2.24) is 5.48 Å². The molecule has 0 amide bonds. The summed E-state index contributed by atoms with van der Waals surface area (Å²) in [5.74, 6) is 0. The number of unbranched alkanes of at least 4 members (excludes halogenated alkanes) is 1. The molecule has 0 saturated heterocycles. The average molecular weight is 129 g/mol. The van der Waals surface area contributed by atoms with E-state index in [2.05, 4.69) is 12.4 Å². The maximum absolute atomic E-state index is 5.09. The third kappa shape index (κ3) is 7.98. The highest BCUT2D eigenvalue weighted by molar-refractivity contribution is 6.48. The van der Waals surface area contributed by atoms with Crippen LogP contribution in [0.15, 0.2) is 0 Å². The van der Waals surface area contributed by atoms with E-state index in [-0.39, 0.29) is 0 Å². The third-order valence-electron chi connectivity index (χ3n) is 0.951. The highest BCUT2D eigenvalue weighted by Gasteiger charge is 1.96. The summed E-state index contributed by atoms with van der Waals surface area (Å²) in [5, 5.41) is 0. The van der Waals surface area contributed by atoms with Gasteiger partial charge in [-0.15, -0.1) is 0 Å². The summed E-state index contributed by atoms with van der Waals surface area (Å²) in [6, 6.07) is 0. The number of hydrogen-bond donors (Lipinski definition) is 1. The molecule has 0 bridgehead atoms. The van der Waals surface area contributed by atoms with E-state index in [1.807, 2.05) is 13.6 Å². The van der Waals surface area contributed by atoms with Crippen molar-refractivity contribution < 1.29 is 4.76 Å². The molecule has 0 unspecified atom stereocenters. The quantitative estimate of drug-likeness (QED) is 0.345. The molecule has 0 aromatic carbocycles. The lowest BCUT2D eigenvalue weighted by Gasteiger charge is -2.04. The Morgan fingerprint density at radius 1 is 1.44 bits per heavy atom. The second-order valence-corrected chi connectivity index (χ2v) is 2.41. The zero-order valence-corrected chi connectivity index (χ0v) is 6.61. The molecular formula is C6H16BNO. The van der Waals surface area contributed by atoms with E-state index < -0.39 is 0 Å². The highest BCUT2D eigenvalue weighted by Crippen LogP contribution is 1.83. The van der Waals surface area contributed by atoms with Gasteiger partial charge in [-0.1, -0.05) is 27.0 Å². The van der Waals surface area contributed by atoms with Gasteiger partial charge in [0.05, 0.1) is 0 Å². The van der Waals surface area contributed by atoms with Crippen LogP contribution in [0.3, 0.4) is 0 Å². The van der Waals surface area contributed by atoms with Gasteiger partial charge in [0.25, 0.3) is 0 Å². The molecule has 0 heterocycles. The predicted octanol–water partition coefficient (Wildman–Crippen LogP) is 1.56. The van der Waals surface area contributed by atoms with Crippen LogP contribution in [-0.4, -0.2) is 13.5 Å². The highest BCUT2D eigenvalue weighted by atomic mass is 16.6. The van der Waals surface area contributed by atoms with Gasteiger partial charge in [0, 0.05) is 6.54 Å². The van der Waals surface area contributed by atoms with E-state index >= 15 is 0 Å². The number of hydroxylamine groups is 1.